The van der Waals surface area contributed by atoms with E-state index in [4.69, 9.17) is 4.74 Å². The van der Waals surface area contributed by atoms with Crippen molar-refractivity contribution in [3.63, 3.8) is 0 Å². The molecule has 1 aromatic rings. The molecule has 2 rings (SSSR count). The van der Waals surface area contributed by atoms with Crippen molar-refractivity contribution >= 4 is 11.8 Å². The van der Waals surface area contributed by atoms with Gasteiger partial charge in [-0.1, -0.05) is 18.2 Å². The summed E-state index contributed by atoms with van der Waals surface area (Å²) >= 11 is 0. The van der Waals surface area contributed by atoms with Gasteiger partial charge in [-0.3, -0.25) is 4.90 Å². The third-order valence-electron chi connectivity index (χ3n) is 2.99. The molecule has 1 heterocycles. The van der Waals surface area contributed by atoms with Crippen molar-refractivity contribution in [1.29, 1.82) is 0 Å². The van der Waals surface area contributed by atoms with Crippen LogP contribution in [0.15, 0.2) is 24.3 Å². The van der Waals surface area contributed by atoms with E-state index >= 15 is 0 Å². The van der Waals surface area contributed by atoms with E-state index < -0.39 is 5.60 Å². The van der Waals surface area contributed by atoms with Crippen LogP contribution < -0.4 is 4.90 Å². The predicted molar refractivity (Wildman–Crippen MR) is 60.4 cm³/mol. The summed E-state index contributed by atoms with van der Waals surface area (Å²) in [6.07, 6.45) is 0.127. The van der Waals surface area contributed by atoms with E-state index in [2.05, 4.69) is 0 Å². The van der Waals surface area contributed by atoms with E-state index in [1.807, 2.05) is 24.3 Å². The molecule has 1 N–H and O–H groups in total. The first-order chi connectivity index (χ1) is 7.56. The maximum Gasteiger partial charge on any atom is 0.414 e. The molecule has 1 aromatic carbocycles. The number of ether oxygens (including phenoxy) is 1. The summed E-state index contributed by atoms with van der Waals surface area (Å²) in [5, 5.41) is 10.2. The molecule has 0 spiro atoms. The van der Waals surface area contributed by atoms with Crippen LogP contribution in [0, 0.1) is 0 Å². The fourth-order valence-electron chi connectivity index (χ4n) is 2.05. The Morgan fingerprint density at radius 1 is 1.50 bits per heavy atom. The van der Waals surface area contributed by atoms with Crippen LogP contribution in [0.4, 0.5) is 10.5 Å². The maximum absolute atomic E-state index is 11.6. The van der Waals surface area contributed by atoms with E-state index in [0.717, 1.165) is 11.3 Å². The Balaban J connectivity index is 2.47. The Morgan fingerprint density at radius 2 is 2.19 bits per heavy atom. The zero-order valence-corrected chi connectivity index (χ0v) is 9.43. The molecule has 4 heteroatoms. The first-order valence-corrected chi connectivity index (χ1v) is 5.23. The molecule has 1 unspecified atom stereocenters. The van der Waals surface area contributed by atoms with Gasteiger partial charge in [-0.15, -0.1) is 0 Å². The summed E-state index contributed by atoms with van der Waals surface area (Å²) in [6, 6.07) is 7.36. The molecule has 4 nitrogen and oxygen atoms in total. The molecule has 1 atom stereocenters. The van der Waals surface area contributed by atoms with Gasteiger partial charge in [-0.25, -0.2) is 4.79 Å². The number of fused-ring (bicyclic) bond motifs is 1. The van der Waals surface area contributed by atoms with Gasteiger partial charge in [-0.2, -0.15) is 0 Å². The molecule has 86 valence electrons. The Hall–Kier alpha value is -1.55. The van der Waals surface area contributed by atoms with Crippen LogP contribution in [0.25, 0.3) is 0 Å². The average Bonchev–Trinajstić information content (AvgIpc) is 2.28. The second kappa shape index (κ2) is 3.79. The first-order valence-electron chi connectivity index (χ1n) is 5.23. The lowest BCUT2D eigenvalue weighted by Crippen LogP contribution is -2.42. The molecule has 1 amide bonds. The number of methoxy groups -OCH3 is 1. The van der Waals surface area contributed by atoms with Gasteiger partial charge < -0.3 is 9.84 Å². The maximum atomic E-state index is 11.6. The molecule has 0 saturated heterocycles. The standard InChI is InChI=1S/C12H15NO3/c1-12(15)7-8-13(11(14)16-2)10-6-4-3-5-9(10)12/h3-6,15H,7-8H2,1-2H3. The average molecular weight is 221 g/mol. The third kappa shape index (κ3) is 1.65. The lowest BCUT2D eigenvalue weighted by Gasteiger charge is -2.37. The van der Waals surface area contributed by atoms with Crippen LogP contribution >= 0.6 is 0 Å². The molecule has 0 aliphatic carbocycles. The monoisotopic (exact) mass is 221 g/mol. The lowest BCUT2D eigenvalue weighted by molar-refractivity contribution is 0.0454. The van der Waals surface area contributed by atoms with Crippen molar-refractivity contribution in [2.45, 2.75) is 18.9 Å². The largest absolute Gasteiger partial charge is 0.452 e. The fraction of sp³-hybridized carbons (Fsp3) is 0.417. The number of aliphatic hydroxyl groups is 1. The summed E-state index contributed by atoms with van der Waals surface area (Å²) in [6.45, 7) is 2.23. The van der Waals surface area contributed by atoms with Crippen molar-refractivity contribution in [3.8, 4) is 0 Å². The minimum Gasteiger partial charge on any atom is -0.452 e. The molecule has 0 bridgehead atoms. The van der Waals surface area contributed by atoms with Crippen molar-refractivity contribution in [2.75, 3.05) is 18.6 Å². The Bertz CT molecular complexity index is 414. The zero-order valence-electron chi connectivity index (χ0n) is 9.43. The molecule has 0 fully saturated rings. The Labute approximate surface area is 94.4 Å². The molecule has 1 aliphatic heterocycles. The van der Waals surface area contributed by atoms with Crippen LogP contribution in [0.1, 0.15) is 18.9 Å². The van der Waals surface area contributed by atoms with Gasteiger partial charge in [0.05, 0.1) is 18.4 Å². The van der Waals surface area contributed by atoms with Crippen LogP contribution in [0.5, 0.6) is 0 Å². The van der Waals surface area contributed by atoms with Crippen molar-refractivity contribution in [3.05, 3.63) is 29.8 Å². The second-order valence-corrected chi connectivity index (χ2v) is 4.16. The number of hydrogen-bond donors (Lipinski definition) is 1. The van der Waals surface area contributed by atoms with Crippen molar-refractivity contribution in [1.82, 2.24) is 0 Å². The normalized spacial score (nSPS) is 23.8. The zero-order chi connectivity index (χ0) is 11.8. The van der Waals surface area contributed by atoms with Crippen molar-refractivity contribution in [2.24, 2.45) is 0 Å². The highest BCUT2D eigenvalue weighted by atomic mass is 16.5. The molecule has 0 radical (unpaired) electrons. The minimum absolute atomic E-state index is 0.386. The van der Waals surface area contributed by atoms with E-state index in [1.54, 1.807) is 11.8 Å². The molecular weight excluding hydrogens is 206 g/mol. The molecule has 16 heavy (non-hydrogen) atoms. The number of carbonyl (C=O) groups is 1. The highest BCUT2D eigenvalue weighted by Gasteiger charge is 2.35. The van der Waals surface area contributed by atoms with Gasteiger partial charge in [0.25, 0.3) is 0 Å². The molecular formula is C12H15NO3. The number of nitrogens with zero attached hydrogens (tertiary/aromatic N) is 1. The summed E-state index contributed by atoms with van der Waals surface area (Å²) in [5.74, 6) is 0. The number of benzene rings is 1. The molecule has 1 aliphatic rings. The SMILES string of the molecule is COC(=O)N1CCC(C)(O)c2ccccc21. The van der Waals surface area contributed by atoms with Crippen LogP contribution in [0.3, 0.4) is 0 Å². The van der Waals surface area contributed by atoms with Gasteiger partial charge in [-0.05, 0) is 19.4 Å². The van der Waals surface area contributed by atoms with E-state index in [1.165, 1.54) is 7.11 Å². The van der Waals surface area contributed by atoms with Gasteiger partial charge in [0.2, 0.25) is 0 Å². The Kier molecular flexibility index (Phi) is 2.59. The van der Waals surface area contributed by atoms with Crippen LogP contribution in [-0.2, 0) is 10.3 Å². The van der Waals surface area contributed by atoms with Gasteiger partial charge in [0.15, 0.2) is 0 Å². The number of hydrogen-bond acceptors (Lipinski definition) is 3. The van der Waals surface area contributed by atoms with Gasteiger partial charge >= 0.3 is 6.09 Å². The van der Waals surface area contributed by atoms with E-state index in [9.17, 15) is 9.90 Å². The quantitative estimate of drug-likeness (QED) is 0.727. The summed E-state index contributed by atoms with van der Waals surface area (Å²) in [4.78, 5) is 13.1. The van der Waals surface area contributed by atoms with Crippen LogP contribution in [-0.4, -0.2) is 24.9 Å². The summed E-state index contributed by atoms with van der Waals surface area (Å²) in [7, 11) is 1.36. The number of carbonyl (C=O) groups excluding carboxylic acids is 1. The van der Waals surface area contributed by atoms with Gasteiger partial charge in [0, 0.05) is 12.1 Å². The third-order valence-corrected chi connectivity index (χ3v) is 2.99. The molecule has 0 aromatic heterocycles. The van der Waals surface area contributed by atoms with Crippen molar-refractivity contribution < 1.29 is 14.6 Å². The number of rotatable bonds is 0. The Morgan fingerprint density at radius 3 is 2.88 bits per heavy atom. The van der Waals surface area contributed by atoms with Gasteiger partial charge in [0.1, 0.15) is 0 Å². The fourth-order valence-corrected chi connectivity index (χ4v) is 2.05. The summed E-state index contributed by atoms with van der Waals surface area (Å²) < 4.78 is 4.72. The molecule has 0 saturated carbocycles. The first kappa shape index (κ1) is 11.0. The van der Waals surface area contributed by atoms with E-state index in [0.29, 0.717) is 13.0 Å². The van der Waals surface area contributed by atoms with Crippen LogP contribution in [0.2, 0.25) is 0 Å². The number of anilines is 1. The predicted octanol–water partition coefficient (Wildman–Crippen LogP) is 1.87. The topological polar surface area (TPSA) is 49.8 Å². The second-order valence-electron chi connectivity index (χ2n) is 4.16. The highest BCUT2D eigenvalue weighted by Crippen LogP contribution is 2.37. The summed E-state index contributed by atoms with van der Waals surface area (Å²) in [5.41, 5.74) is 0.624. The number of para-hydroxylation sites is 1. The minimum atomic E-state index is -0.874. The highest BCUT2D eigenvalue weighted by molar-refractivity contribution is 5.89. The van der Waals surface area contributed by atoms with E-state index in [-0.39, 0.29) is 6.09 Å². The smallest absolute Gasteiger partial charge is 0.414 e. The lowest BCUT2D eigenvalue weighted by atomic mass is 9.87. The number of amides is 1.